The van der Waals surface area contributed by atoms with Crippen LogP contribution in [0.15, 0.2) is 0 Å². The zero-order valence-electron chi connectivity index (χ0n) is 10.8. The summed E-state index contributed by atoms with van der Waals surface area (Å²) in [6, 6.07) is 0. The number of unbranched alkanes of at least 4 members (excludes halogenated alkanes) is 2. The number of aromatic nitrogens is 4. The van der Waals surface area contributed by atoms with E-state index in [2.05, 4.69) is 46.7 Å². The van der Waals surface area contributed by atoms with E-state index in [1.165, 1.54) is 19.3 Å². The smallest absolute Gasteiger partial charge is 0.292 e. The Morgan fingerprint density at radius 1 is 1.41 bits per heavy atom. The van der Waals surface area contributed by atoms with Crippen molar-refractivity contribution >= 4 is 5.91 Å². The van der Waals surface area contributed by atoms with Gasteiger partial charge in [-0.25, -0.2) is 0 Å². The average Bonchev–Trinajstić information content (AvgIpc) is 2.80. The second-order valence-corrected chi connectivity index (χ2v) is 5.04. The van der Waals surface area contributed by atoms with Crippen molar-refractivity contribution in [2.75, 3.05) is 6.54 Å². The van der Waals surface area contributed by atoms with Gasteiger partial charge in [-0.15, -0.1) is 10.2 Å². The summed E-state index contributed by atoms with van der Waals surface area (Å²) in [6.07, 6.45) is 4.75. The van der Waals surface area contributed by atoms with E-state index < -0.39 is 0 Å². The highest BCUT2D eigenvalue weighted by Crippen LogP contribution is 2.22. The highest BCUT2D eigenvalue weighted by molar-refractivity contribution is 5.90. The van der Waals surface area contributed by atoms with Gasteiger partial charge in [0.2, 0.25) is 0 Å². The Balaban J connectivity index is 2.31. The molecule has 0 aliphatic heterocycles. The van der Waals surface area contributed by atoms with Gasteiger partial charge in [0.15, 0.2) is 0 Å². The van der Waals surface area contributed by atoms with Crippen LogP contribution in [0.5, 0.6) is 0 Å². The zero-order chi connectivity index (χ0) is 12.7. The van der Waals surface area contributed by atoms with Gasteiger partial charge >= 0.3 is 0 Å². The molecule has 0 aliphatic rings. The molecule has 0 fully saturated rings. The largest absolute Gasteiger partial charge is 0.349 e. The van der Waals surface area contributed by atoms with Gasteiger partial charge < -0.3 is 5.32 Å². The number of nitrogens with zero attached hydrogens (tertiary/aromatic N) is 3. The van der Waals surface area contributed by atoms with Gasteiger partial charge in [0, 0.05) is 6.54 Å². The van der Waals surface area contributed by atoms with E-state index in [-0.39, 0.29) is 17.1 Å². The van der Waals surface area contributed by atoms with Crippen LogP contribution in [0.25, 0.3) is 0 Å². The number of amides is 1. The standard InChI is InChI=1S/C11H21N5O/c1-4-5-6-7-11(2,3)8-12-10(17)9-13-15-16-14-9/h4-8H2,1-3H3,(H,12,17)(H,13,14,15,16). The molecule has 17 heavy (non-hydrogen) atoms. The van der Waals surface area contributed by atoms with E-state index in [1.807, 2.05) is 0 Å². The normalized spacial score (nSPS) is 11.5. The van der Waals surface area contributed by atoms with Gasteiger partial charge in [-0.3, -0.25) is 4.79 Å². The Morgan fingerprint density at radius 2 is 2.18 bits per heavy atom. The zero-order valence-corrected chi connectivity index (χ0v) is 10.8. The van der Waals surface area contributed by atoms with Crippen LogP contribution in [0.4, 0.5) is 0 Å². The molecule has 6 heteroatoms. The van der Waals surface area contributed by atoms with Crippen LogP contribution < -0.4 is 5.32 Å². The van der Waals surface area contributed by atoms with Crippen molar-refractivity contribution in [3.05, 3.63) is 5.82 Å². The maximum absolute atomic E-state index is 11.6. The monoisotopic (exact) mass is 239 g/mol. The Labute approximate surface area is 102 Å². The fourth-order valence-electron chi connectivity index (χ4n) is 1.60. The molecule has 0 bridgehead atoms. The number of aromatic amines is 1. The molecule has 0 saturated carbocycles. The third kappa shape index (κ3) is 4.93. The molecule has 0 aromatic carbocycles. The minimum absolute atomic E-state index is 0.0920. The lowest BCUT2D eigenvalue weighted by molar-refractivity contribution is 0.0923. The van der Waals surface area contributed by atoms with Crippen molar-refractivity contribution in [3.63, 3.8) is 0 Å². The summed E-state index contributed by atoms with van der Waals surface area (Å²) in [5.41, 5.74) is 0.106. The molecule has 2 N–H and O–H groups in total. The topological polar surface area (TPSA) is 83.6 Å². The molecule has 0 spiro atoms. The van der Waals surface area contributed by atoms with E-state index in [0.29, 0.717) is 6.54 Å². The van der Waals surface area contributed by atoms with E-state index >= 15 is 0 Å². The summed E-state index contributed by atoms with van der Waals surface area (Å²) in [5, 5.41) is 15.7. The molecule has 0 radical (unpaired) electrons. The number of hydrogen-bond donors (Lipinski definition) is 2. The highest BCUT2D eigenvalue weighted by Gasteiger charge is 2.19. The van der Waals surface area contributed by atoms with Gasteiger partial charge in [-0.05, 0) is 17.0 Å². The molecule has 0 atom stereocenters. The van der Waals surface area contributed by atoms with Gasteiger partial charge in [-0.2, -0.15) is 5.21 Å². The summed E-state index contributed by atoms with van der Waals surface area (Å²) >= 11 is 0. The number of carbonyl (C=O) groups is 1. The van der Waals surface area contributed by atoms with Crippen LogP contribution in [0.1, 0.15) is 57.1 Å². The molecule has 1 heterocycles. The van der Waals surface area contributed by atoms with Crippen LogP contribution in [-0.4, -0.2) is 33.1 Å². The predicted molar refractivity (Wildman–Crippen MR) is 64.4 cm³/mol. The summed E-state index contributed by atoms with van der Waals surface area (Å²) in [5.74, 6) is -0.184. The molecule has 1 rings (SSSR count). The Bertz CT molecular complexity index is 334. The summed E-state index contributed by atoms with van der Waals surface area (Å²) in [7, 11) is 0. The van der Waals surface area contributed by atoms with E-state index in [9.17, 15) is 4.79 Å². The van der Waals surface area contributed by atoms with Crippen LogP contribution in [-0.2, 0) is 0 Å². The Kier molecular flexibility index (Phi) is 5.06. The molecule has 1 aromatic heterocycles. The number of H-pyrrole nitrogens is 1. The quantitative estimate of drug-likeness (QED) is 0.707. The fraction of sp³-hybridized carbons (Fsp3) is 0.818. The number of nitrogens with one attached hydrogen (secondary N) is 2. The first kappa shape index (κ1) is 13.6. The van der Waals surface area contributed by atoms with Gasteiger partial charge in [0.25, 0.3) is 11.7 Å². The van der Waals surface area contributed by atoms with E-state index in [1.54, 1.807) is 0 Å². The lowest BCUT2D eigenvalue weighted by atomic mass is 9.87. The molecule has 1 amide bonds. The minimum atomic E-state index is -0.276. The molecule has 1 aromatic rings. The maximum Gasteiger partial charge on any atom is 0.292 e. The van der Waals surface area contributed by atoms with Gasteiger partial charge in [0.1, 0.15) is 0 Å². The molecule has 0 saturated heterocycles. The maximum atomic E-state index is 11.6. The first-order chi connectivity index (χ1) is 8.05. The van der Waals surface area contributed by atoms with Crippen molar-refractivity contribution in [3.8, 4) is 0 Å². The van der Waals surface area contributed by atoms with Gasteiger partial charge in [0.05, 0.1) is 0 Å². The lowest BCUT2D eigenvalue weighted by Crippen LogP contribution is -2.34. The van der Waals surface area contributed by atoms with Crippen molar-refractivity contribution in [2.45, 2.75) is 46.5 Å². The van der Waals surface area contributed by atoms with E-state index in [4.69, 9.17) is 0 Å². The number of carbonyl (C=O) groups excluding carboxylic acids is 1. The second-order valence-electron chi connectivity index (χ2n) is 5.04. The molecular formula is C11H21N5O. The van der Waals surface area contributed by atoms with Crippen molar-refractivity contribution in [2.24, 2.45) is 5.41 Å². The average molecular weight is 239 g/mol. The molecular weight excluding hydrogens is 218 g/mol. The fourth-order valence-corrected chi connectivity index (χ4v) is 1.60. The Hall–Kier alpha value is -1.46. The van der Waals surface area contributed by atoms with Crippen LogP contribution >= 0.6 is 0 Å². The van der Waals surface area contributed by atoms with Crippen LogP contribution in [0.2, 0.25) is 0 Å². The lowest BCUT2D eigenvalue weighted by Gasteiger charge is -2.24. The number of tetrazole rings is 1. The Morgan fingerprint density at radius 3 is 2.76 bits per heavy atom. The summed E-state index contributed by atoms with van der Waals surface area (Å²) in [4.78, 5) is 11.6. The summed E-state index contributed by atoms with van der Waals surface area (Å²) < 4.78 is 0. The third-order valence-electron chi connectivity index (χ3n) is 2.73. The van der Waals surface area contributed by atoms with Crippen LogP contribution in [0.3, 0.4) is 0 Å². The van der Waals surface area contributed by atoms with Crippen molar-refractivity contribution in [1.29, 1.82) is 0 Å². The molecule has 6 nitrogen and oxygen atoms in total. The third-order valence-corrected chi connectivity index (χ3v) is 2.73. The molecule has 0 aliphatic carbocycles. The molecule has 96 valence electrons. The minimum Gasteiger partial charge on any atom is -0.349 e. The first-order valence-corrected chi connectivity index (χ1v) is 6.07. The number of hydrogen-bond acceptors (Lipinski definition) is 4. The SMILES string of the molecule is CCCCCC(C)(C)CNC(=O)c1nn[nH]n1. The van der Waals surface area contributed by atoms with E-state index in [0.717, 1.165) is 6.42 Å². The van der Waals surface area contributed by atoms with Gasteiger partial charge in [-0.1, -0.05) is 40.0 Å². The second kappa shape index (κ2) is 6.32. The highest BCUT2D eigenvalue weighted by atomic mass is 16.2. The number of rotatable bonds is 7. The molecule has 0 unspecified atom stereocenters. The predicted octanol–water partition coefficient (Wildman–Crippen LogP) is 1.54. The van der Waals surface area contributed by atoms with Crippen molar-refractivity contribution < 1.29 is 4.79 Å². The summed E-state index contributed by atoms with van der Waals surface area (Å²) in [6.45, 7) is 7.12. The van der Waals surface area contributed by atoms with Crippen LogP contribution in [0, 0.1) is 5.41 Å². The van der Waals surface area contributed by atoms with Crippen molar-refractivity contribution in [1.82, 2.24) is 25.9 Å². The first-order valence-electron chi connectivity index (χ1n) is 6.07.